The number of Topliss-reactive ketones (excluding diaryl/α,β-unsaturated/α-hetero) is 1. The molecule has 2 rings (SSSR count). The Morgan fingerprint density at radius 1 is 1.47 bits per heavy atom. The van der Waals surface area contributed by atoms with Gasteiger partial charge < -0.3 is 0 Å². The molecule has 0 aliphatic carbocycles. The molecule has 0 amide bonds. The summed E-state index contributed by atoms with van der Waals surface area (Å²) >= 11 is 2.97. The van der Waals surface area contributed by atoms with Gasteiger partial charge in [-0.25, -0.2) is 4.98 Å². The summed E-state index contributed by atoms with van der Waals surface area (Å²) in [6, 6.07) is 0. The fourth-order valence-corrected chi connectivity index (χ4v) is 2.69. The highest BCUT2D eigenvalue weighted by Gasteiger charge is 2.12. The Labute approximate surface area is 95.8 Å². The summed E-state index contributed by atoms with van der Waals surface area (Å²) in [7, 11) is 0. The number of thiazole rings is 2. The van der Waals surface area contributed by atoms with Crippen LogP contribution in [0.1, 0.15) is 25.3 Å². The van der Waals surface area contributed by atoms with Crippen LogP contribution < -0.4 is 0 Å². The van der Waals surface area contributed by atoms with Crippen LogP contribution in [0, 0.1) is 13.8 Å². The summed E-state index contributed by atoms with van der Waals surface area (Å²) in [5, 5.41) is 0.892. The lowest BCUT2D eigenvalue weighted by atomic mass is 10.2. The molecule has 0 aliphatic heterocycles. The number of aromatic nitrogens is 2. The SMILES string of the molecule is Cc1nc(CC(=O)c2cncs2)sc1C. The van der Waals surface area contributed by atoms with Crippen molar-refractivity contribution >= 4 is 28.5 Å². The van der Waals surface area contributed by atoms with Crippen molar-refractivity contribution in [2.24, 2.45) is 0 Å². The molecular formula is C10H10N2OS2. The molecule has 0 atom stereocenters. The molecule has 0 radical (unpaired) electrons. The van der Waals surface area contributed by atoms with E-state index < -0.39 is 0 Å². The fourth-order valence-electron chi connectivity index (χ4n) is 1.19. The van der Waals surface area contributed by atoms with Gasteiger partial charge in [0.25, 0.3) is 0 Å². The number of ketones is 1. The lowest BCUT2D eigenvalue weighted by Crippen LogP contribution is -2.00. The number of rotatable bonds is 3. The molecule has 0 saturated carbocycles. The van der Waals surface area contributed by atoms with Crippen LogP contribution in [0.15, 0.2) is 11.7 Å². The highest BCUT2D eigenvalue weighted by molar-refractivity contribution is 7.12. The second kappa shape index (κ2) is 4.20. The Kier molecular flexibility index (Phi) is 2.93. The number of nitrogens with zero attached hydrogens (tertiary/aromatic N) is 2. The first-order chi connectivity index (χ1) is 7.16. The largest absolute Gasteiger partial charge is 0.293 e. The standard InChI is InChI=1S/C10H10N2OS2/c1-6-7(2)15-10(12-6)3-8(13)9-4-11-5-14-9/h4-5H,3H2,1-2H3. The molecular weight excluding hydrogens is 228 g/mol. The third-order valence-electron chi connectivity index (χ3n) is 2.09. The maximum atomic E-state index is 11.7. The van der Waals surface area contributed by atoms with Gasteiger partial charge in [0.2, 0.25) is 0 Å². The zero-order valence-corrected chi connectivity index (χ0v) is 10.1. The second-order valence-corrected chi connectivity index (χ2v) is 5.39. The van der Waals surface area contributed by atoms with Crippen molar-refractivity contribution in [2.75, 3.05) is 0 Å². The Balaban J connectivity index is 2.13. The van der Waals surface area contributed by atoms with Gasteiger partial charge in [-0.1, -0.05) is 0 Å². The van der Waals surface area contributed by atoms with E-state index in [0.29, 0.717) is 11.3 Å². The first kappa shape index (κ1) is 10.4. The Morgan fingerprint density at radius 3 is 2.80 bits per heavy atom. The molecule has 0 saturated heterocycles. The van der Waals surface area contributed by atoms with E-state index in [9.17, 15) is 4.79 Å². The maximum absolute atomic E-state index is 11.7. The van der Waals surface area contributed by atoms with E-state index in [1.54, 1.807) is 23.0 Å². The monoisotopic (exact) mass is 238 g/mol. The van der Waals surface area contributed by atoms with E-state index in [1.807, 2.05) is 13.8 Å². The van der Waals surface area contributed by atoms with Crippen molar-refractivity contribution in [3.05, 3.63) is 32.2 Å². The predicted octanol–water partition coefficient (Wildman–Crippen LogP) is 2.64. The third-order valence-corrected chi connectivity index (χ3v) is 3.98. The Hall–Kier alpha value is -1.07. The van der Waals surface area contributed by atoms with E-state index >= 15 is 0 Å². The van der Waals surface area contributed by atoms with Crippen molar-refractivity contribution in [2.45, 2.75) is 20.3 Å². The highest BCUT2D eigenvalue weighted by atomic mass is 32.1. The smallest absolute Gasteiger partial charge is 0.181 e. The van der Waals surface area contributed by atoms with Crippen molar-refractivity contribution in [3.8, 4) is 0 Å². The molecule has 0 spiro atoms. The first-order valence-corrected chi connectivity index (χ1v) is 6.21. The average Bonchev–Trinajstić information content (AvgIpc) is 2.77. The predicted molar refractivity (Wildman–Crippen MR) is 61.7 cm³/mol. The van der Waals surface area contributed by atoms with Crippen LogP contribution in [-0.2, 0) is 6.42 Å². The van der Waals surface area contributed by atoms with Crippen LogP contribution in [0.25, 0.3) is 0 Å². The van der Waals surface area contributed by atoms with Crippen LogP contribution in [-0.4, -0.2) is 15.8 Å². The molecule has 78 valence electrons. The van der Waals surface area contributed by atoms with Gasteiger partial charge in [0, 0.05) is 11.1 Å². The van der Waals surface area contributed by atoms with E-state index in [4.69, 9.17) is 0 Å². The molecule has 0 unspecified atom stereocenters. The quantitative estimate of drug-likeness (QED) is 0.772. The van der Waals surface area contributed by atoms with Crippen LogP contribution in [0.3, 0.4) is 0 Å². The minimum atomic E-state index is 0.103. The van der Waals surface area contributed by atoms with Gasteiger partial charge in [0.1, 0.15) is 5.01 Å². The summed E-state index contributed by atoms with van der Waals surface area (Å²) in [4.78, 5) is 21.9. The normalized spacial score (nSPS) is 10.5. The number of hydrogen-bond donors (Lipinski definition) is 0. The average molecular weight is 238 g/mol. The van der Waals surface area contributed by atoms with Crippen LogP contribution >= 0.6 is 22.7 Å². The minimum Gasteiger partial charge on any atom is -0.293 e. The molecule has 2 heterocycles. The molecule has 0 N–H and O–H groups in total. The molecule has 2 aromatic rings. The van der Waals surface area contributed by atoms with E-state index in [2.05, 4.69) is 9.97 Å². The molecule has 2 aromatic heterocycles. The topological polar surface area (TPSA) is 42.9 Å². The zero-order chi connectivity index (χ0) is 10.8. The van der Waals surface area contributed by atoms with Gasteiger partial charge in [-0.2, -0.15) is 0 Å². The van der Waals surface area contributed by atoms with Crippen molar-refractivity contribution < 1.29 is 4.79 Å². The summed E-state index contributed by atoms with van der Waals surface area (Å²) in [5.41, 5.74) is 2.69. The lowest BCUT2D eigenvalue weighted by Gasteiger charge is -1.91. The fraction of sp³-hybridized carbons (Fsp3) is 0.300. The summed E-state index contributed by atoms with van der Waals surface area (Å²) in [6.45, 7) is 3.99. The number of aryl methyl sites for hydroxylation is 2. The minimum absolute atomic E-state index is 0.103. The molecule has 0 bridgehead atoms. The van der Waals surface area contributed by atoms with E-state index in [-0.39, 0.29) is 5.78 Å². The molecule has 0 aromatic carbocycles. The maximum Gasteiger partial charge on any atom is 0.181 e. The molecule has 0 aliphatic rings. The number of hydrogen-bond acceptors (Lipinski definition) is 5. The van der Waals surface area contributed by atoms with Gasteiger partial charge in [-0.15, -0.1) is 22.7 Å². The molecule has 3 nitrogen and oxygen atoms in total. The van der Waals surface area contributed by atoms with Crippen molar-refractivity contribution in [1.29, 1.82) is 0 Å². The number of carbonyl (C=O) groups excluding carboxylic acids is 1. The van der Waals surface area contributed by atoms with E-state index in [1.165, 1.54) is 16.2 Å². The lowest BCUT2D eigenvalue weighted by molar-refractivity contribution is 0.0996. The van der Waals surface area contributed by atoms with Crippen LogP contribution in [0.2, 0.25) is 0 Å². The summed E-state index contributed by atoms with van der Waals surface area (Å²) in [6.07, 6.45) is 2.00. The van der Waals surface area contributed by atoms with Crippen molar-refractivity contribution in [1.82, 2.24) is 9.97 Å². The second-order valence-electron chi connectivity index (χ2n) is 3.21. The van der Waals surface area contributed by atoms with Crippen LogP contribution in [0.5, 0.6) is 0 Å². The third kappa shape index (κ3) is 2.30. The van der Waals surface area contributed by atoms with Gasteiger partial charge in [0.15, 0.2) is 5.78 Å². The zero-order valence-electron chi connectivity index (χ0n) is 8.48. The Bertz CT molecular complexity index is 454. The van der Waals surface area contributed by atoms with Crippen molar-refractivity contribution in [3.63, 3.8) is 0 Å². The van der Waals surface area contributed by atoms with E-state index in [0.717, 1.165) is 10.7 Å². The molecule has 5 heteroatoms. The van der Waals surface area contributed by atoms with Gasteiger partial charge in [0.05, 0.1) is 22.5 Å². The van der Waals surface area contributed by atoms with Gasteiger partial charge >= 0.3 is 0 Å². The molecule has 15 heavy (non-hydrogen) atoms. The highest BCUT2D eigenvalue weighted by Crippen LogP contribution is 2.19. The van der Waals surface area contributed by atoms with Gasteiger partial charge in [-0.05, 0) is 13.8 Å². The molecule has 0 fully saturated rings. The number of carbonyl (C=O) groups is 1. The summed E-state index contributed by atoms with van der Waals surface area (Å²) in [5.74, 6) is 0.103. The summed E-state index contributed by atoms with van der Waals surface area (Å²) < 4.78 is 0. The Morgan fingerprint density at radius 2 is 2.27 bits per heavy atom. The van der Waals surface area contributed by atoms with Gasteiger partial charge in [-0.3, -0.25) is 9.78 Å². The first-order valence-electron chi connectivity index (χ1n) is 4.51. The van der Waals surface area contributed by atoms with Crippen LogP contribution in [0.4, 0.5) is 0 Å².